The summed E-state index contributed by atoms with van der Waals surface area (Å²) < 4.78 is 0. The molecule has 4 aromatic carbocycles. The summed E-state index contributed by atoms with van der Waals surface area (Å²) in [6.45, 7) is 1.51. The zero-order valence-electron chi connectivity index (χ0n) is 44.4. The number of carbonyl (C=O) groups excluding carboxylic acids is 8. The van der Waals surface area contributed by atoms with Crippen molar-refractivity contribution in [2.45, 2.75) is 106 Å². The van der Waals surface area contributed by atoms with E-state index in [4.69, 9.17) is 28.8 Å². The first kappa shape index (κ1) is 61.1. The molecule has 0 radical (unpaired) electrons. The molecule has 81 heavy (non-hydrogen) atoms. The van der Waals surface area contributed by atoms with E-state index in [0.717, 1.165) is 43.3 Å². The van der Waals surface area contributed by atoms with Crippen molar-refractivity contribution >= 4 is 102 Å². The van der Waals surface area contributed by atoms with Gasteiger partial charge in [-0.05, 0) is 96.9 Å². The molecule has 2 aromatic heterocycles. The fourth-order valence-electron chi connectivity index (χ4n) is 9.11. The molecule has 1 saturated heterocycles. The minimum absolute atomic E-state index is 0.0100. The van der Waals surface area contributed by atoms with E-state index < -0.39 is 102 Å². The van der Waals surface area contributed by atoms with Crippen LogP contribution in [0, 0.1) is 0 Å². The Labute approximate surface area is 481 Å². The summed E-state index contributed by atoms with van der Waals surface area (Å²) in [5.74, 6) is -7.21. The summed E-state index contributed by atoms with van der Waals surface area (Å²) >= 11 is 6.10. The van der Waals surface area contributed by atoms with Gasteiger partial charge in [0, 0.05) is 64.8 Å². The normalized spacial score (nSPS) is 21.0. The number of nitrogens with two attached hydrogens (primary N) is 3. The number of aliphatic hydroxyl groups excluding tert-OH is 1. The quantitative estimate of drug-likeness (QED) is 0.0431. The lowest BCUT2D eigenvalue weighted by Gasteiger charge is -2.29. The Morgan fingerprint density at radius 2 is 1.38 bits per heavy atom. The summed E-state index contributed by atoms with van der Waals surface area (Å²) in [5, 5.41) is 33.1. The average molecular weight is 1160 g/mol. The number of hydrogen-bond donors (Lipinski definition) is 12. The molecule has 9 atom stereocenters. The molecule has 8 amide bonds. The summed E-state index contributed by atoms with van der Waals surface area (Å²) in [5.41, 5.74) is 21.3. The number of aliphatic hydroxyl groups is 1. The number of amides is 8. The van der Waals surface area contributed by atoms with Crippen molar-refractivity contribution in [3.63, 3.8) is 0 Å². The molecule has 1 fully saturated rings. The Bertz CT molecular complexity index is 3170. The lowest BCUT2D eigenvalue weighted by molar-refractivity contribution is -0.136. The van der Waals surface area contributed by atoms with Crippen LogP contribution < -0.4 is 54.4 Å². The second-order valence-electron chi connectivity index (χ2n) is 19.8. The second-order valence-corrected chi connectivity index (χ2v) is 22.8. The number of primary amides is 1. The smallest absolute Gasteiger partial charge is 0.245 e. The number of fused-ring (bicyclic) bond motifs is 2. The van der Waals surface area contributed by atoms with E-state index in [0.29, 0.717) is 40.2 Å². The topological polar surface area (TPSA) is 348 Å². The zero-order valence-corrected chi connectivity index (χ0v) is 46.8. The molecule has 0 aliphatic carbocycles. The number of H-pyrrole nitrogens is 1. The molecule has 428 valence electrons. The van der Waals surface area contributed by atoms with E-state index in [1.165, 1.54) is 13.1 Å². The maximum atomic E-state index is 14.8. The number of benzene rings is 4. The van der Waals surface area contributed by atoms with E-state index in [2.05, 4.69) is 47.2 Å². The average Bonchev–Trinajstić information content (AvgIpc) is 3.91. The Kier molecular flexibility index (Phi) is 22.5. The maximum absolute atomic E-state index is 14.8. The Hall–Kier alpha value is -7.54. The molecule has 3 unspecified atom stereocenters. The Morgan fingerprint density at radius 3 is 2.10 bits per heavy atom. The number of carbonyl (C=O) groups is 8. The predicted molar refractivity (Wildman–Crippen MR) is 313 cm³/mol. The van der Waals surface area contributed by atoms with Crippen molar-refractivity contribution in [3.8, 4) is 0 Å². The van der Waals surface area contributed by atoms with Crippen molar-refractivity contribution in [2.24, 2.45) is 17.2 Å². The van der Waals surface area contributed by atoms with Crippen LogP contribution in [-0.2, 0) is 64.0 Å². The Balaban J connectivity index is 1.24. The first-order valence-corrected chi connectivity index (χ1v) is 29.3. The minimum atomic E-state index is -1.70. The molecule has 0 saturated carbocycles. The monoisotopic (exact) mass is 1160 g/mol. The molecule has 7 rings (SSSR count). The molecule has 21 nitrogen and oxygen atoms in total. The zero-order chi connectivity index (χ0) is 58.0. The summed E-state index contributed by atoms with van der Waals surface area (Å²) in [6, 6.07) is 21.0. The molecular weight excluding hydrogens is 1100 g/mol. The van der Waals surface area contributed by atoms with Crippen molar-refractivity contribution in [1.82, 2.24) is 47.2 Å². The van der Waals surface area contributed by atoms with Crippen LogP contribution in [0.25, 0.3) is 21.7 Å². The van der Waals surface area contributed by atoms with Crippen molar-refractivity contribution in [3.05, 3.63) is 149 Å². The largest absolute Gasteiger partial charge is 0.391 e. The van der Waals surface area contributed by atoms with Gasteiger partial charge in [0.2, 0.25) is 47.3 Å². The van der Waals surface area contributed by atoms with Gasteiger partial charge in [-0.2, -0.15) is 0 Å². The number of hydrogen-bond acceptors (Lipinski definition) is 14. The van der Waals surface area contributed by atoms with Crippen LogP contribution in [0.3, 0.4) is 0 Å². The number of nitrogens with zero attached hydrogens (tertiary/aromatic N) is 1. The standard InChI is InChI=1S/C57H67ClN12O9S2/c1-32(71)49-57(79)69-48(55(77)65-44(50(61)72)26-34-16-19-35-10-2-3-11-36(35)24-34)31-81-80-30-47(68-51(73)41(60)25-33-17-20-38(58)21-18-33)56(78)67-46(28-39-12-7-9-23-62-39)54(76)66-45(27-37-29-63-42-14-5-4-13-40(37)42)53(75)64-43(52(74)70-49)15-6-8-22-59/h2-5,7,9-14,16-21,23-24,29,32,41,43-49,63,71H,6,8,15,22,25-28,30-31,59-60H2,1H3,(H2,61,72)(H,64,75)(H,65,77)(H,66,76)(H,67,78)(H,68,73)(H,69,79)(H,70,74)/t32-,41+,43+,44+,45?,46+,47?,48?,49+/m1/s1. The number of aromatic amines is 1. The van der Waals surface area contributed by atoms with Crippen LogP contribution in [0.15, 0.2) is 122 Å². The van der Waals surface area contributed by atoms with Gasteiger partial charge in [0.05, 0.1) is 12.1 Å². The molecule has 15 N–H and O–H groups in total. The van der Waals surface area contributed by atoms with Gasteiger partial charge in [-0.1, -0.05) is 112 Å². The molecule has 0 bridgehead atoms. The third kappa shape index (κ3) is 17.7. The number of unbranched alkanes of at least 4 members (excludes halogenated alkanes) is 1. The van der Waals surface area contributed by atoms with Gasteiger partial charge in [-0.15, -0.1) is 0 Å². The number of rotatable bonds is 18. The predicted octanol–water partition coefficient (Wildman–Crippen LogP) is 1.75. The summed E-state index contributed by atoms with van der Waals surface area (Å²) in [7, 11) is 2.02. The first-order valence-electron chi connectivity index (χ1n) is 26.4. The van der Waals surface area contributed by atoms with E-state index in [-0.39, 0.29) is 50.2 Å². The minimum Gasteiger partial charge on any atom is -0.391 e. The van der Waals surface area contributed by atoms with Crippen LogP contribution in [0.4, 0.5) is 0 Å². The molecule has 1 aliphatic rings. The van der Waals surface area contributed by atoms with Crippen LogP contribution >= 0.6 is 33.2 Å². The van der Waals surface area contributed by atoms with Gasteiger partial charge in [0.25, 0.3) is 0 Å². The highest BCUT2D eigenvalue weighted by Crippen LogP contribution is 2.25. The second kappa shape index (κ2) is 29.8. The molecule has 0 spiro atoms. The molecule has 1 aliphatic heterocycles. The number of para-hydroxylation sites is 1. The highest BCUT2D eigenvalue weighted by Gasteiger charge is 2.37. The van der Waals surface area contributed by atoms with E-state index in [9.17, 15) is 43.5 Å². The third-order valence-electron chi connectivity index (χ3n) is 13.6. The SMILES string of the molecule is C[C@@H](O)[C@@H]1NC(=O)[C@H](CCCCN)NC(=O)C(Cc2c[nH]c3ccccc23)NC(=O)[C@H](Cc2ccccn2)NC(=O)C(NC(=O)[C@@H](N)Cc2ccc(Cl)cc2)CSSCC(C(=O)N[C@@H](Cc2ccc3ccccc3c2)C(N)=O)NC1=O. The lowest BCUT2D eigenvalue weighted by Crippen LogP contribution is -2.62. The number of halogens is 1. The van der Waals surface area contributed by atoms with Crippen LogP contribution in [0.1, 0.15) is 48.6 Å². The van der Waals surface area contributed by atoms with Gasteiger partial charge in [-0.25, -0.2) is 0 Å². The Morgan fingerprint density at radius 1 is 0.728 bits per heavy atom. The molecule has 24 heteroatoms. The maximum Gasteiger partial charge on any atom is 0.245 e. The molecule has 3 heterocycles. The highest BCUT2D eigenvalue weighted by atomic mass is 35.5. The van der Waals surface area contributed by atoms with Gasteiger partial charge in [-0.3, -0.25) is 43.3 Å². The van der Waals surface area contributed by atoms with Crippen molar-refractivity contribution in [1.29, 1.82) is 0 Å². The highest BCUT2D eigenvalue weighted by molar-refractivity contribution is 8.76. The van der Waals surface area contributed by atoms with Crippen molar-refractivity contribution < 1.29 is 43.5 Å². The van der Waals surface area contributed by atoms with Gasteiger partial charge < -0.3 is 64.5 Å². The summed E-state index contributed by atoms with van der Waals surface area (Å²) in [4.78, 5) is 122. The number of aromatic nitrogens is 2. The van der Waals surface area contributed by atoms with E-state index >= 15 is 0 Å². The summed E-state index contributed by atoms with van der Waals surface area (Å²) in [6.07, 6.45) is 2.19. The van der Waals surface area contributed by atoms with Crippen LogP contribution in [0.5, 0.6) is 0 Å². The van der Waals surface area contributed by atoms with Crippen molar-refractivity contribution in [2.75, 3.05) is 18.1 Å². The van der Waals surface area contributed by atoms with Crippen LogP contribution in [-0.4, -0.2) is 135 Å². The van der Waals surface area contributed by atoms with Gasteiger partial charge in [0.15, 0.2) is 0 Å². The molecular formula is C57H67ClN12O9S2. The fourth-order valence-corrected chi connectivity index (χ4v) is 11.6. The fraction of sp³-hybridized carbons (Fsp3) is 0.351. The number of pyridine rings is 1. The van der Waals surface area contributed by atoms with Gasteiger partial charge >= 0.3 is 0 Å². The van der Waals surface area contributed by atoms with Crippen LogP contribution in [0.2, 0.25) is 5.02 Å². The molecule has 6 aromatic rings. The third-order valence-corrected chi connectivity index (χ3v) is 16.3. The lowest BCUT2D eigenvalue weighted by atomic mass is 10.0. The number of nitrogens with one attached hydrogen (secondary N) is 8. The van der Waals surface area contributed by atoms with Gasteiger partial charge in [0.1, 0.15) is 42.3 Å². The van der Waals surface area contributed by atoms with E-state index in [1.807, 2.05) is 60.7 Å². The van der Waals surface area contributed by atoms with E-state index in [1.54, 1.807) is 54.7 Å². The first-order chi connectivity index (χ1) is 39.0.